The molecule has 1 heterocycles. The van der Waals surface area contributed by atoms with Crippen LogP contribution in [0.2, 0.25) is 0 Å². The van der Waals surface area contributed by atoms with Gasteiger partial charge in [-0.1, -0.05) is 6.92 Å². The number of nitrogens with one attached hydrogen (secondary N) is 1. The molecule has 1 aromatic carbocycles. The van der Waals surface area contributed by atoms with Crippen LogP contribution in [-0.2, 0) is 13.0 Å². The van der Waals surface area contributed by atoms with Crippen LogP contribution >= 0.6 is 35.3 Å². The SMILES string of the molecule is CCc1nc(CN=C(N)Nc2ccc(OC)c(OC)c2)cs1.I. The van der Waals surface area contributed by atoms with Crippen LogP contribution in [-0.4, -0.2) is 25.2 Å². The van der Waals surface area contributed by atoms with E-state index in [1.807, 2.05) is 17.5 Å². The van der Waals surface area contributed by atoms with Gasteiger partial charge in [-0.05, 0) is 18.6 Å². The molecule has 23 heavy (non-hydrogen) atoms. The zero-order valence-corrected chi connectivity index (χ0v) is 16.5. The number of nitrogens with zero attached hydrogens (tertiary/aromatic N) is 2. The molecule has 0 saturated heterocycles. The first-order valence-electron chi connectivity index (χ1n) is 6.88. The van der Waals surface area contributed by atoms with Gasteiger partial charge in [-0.2, -0.15) is 0 Å². The highest BCUT2D eigenvalue weighted by Gasteiger charge is 2.05. The number of hydrogen-bond donors (Lipinski definition) is 2. The summed E-state index contributed by atoms with van der Waals surface area (Å²) in [6.07, 6.45) is 0.938. The van der Waals surface area contributed by atoms with Gasteiger partial charge >= 0.3 is 0 Å². The summed E-state index contributed by atoms with van der Waals surface area (Å²) in [4.78, 5) is 8.74. The molecule has 8 heteroatoms. The van der Waals surface area contributed by atoms with Crippen molar-refractivity contribution in [2.24, 2.45) is 10.7 Å². The summed E-state index contributed by atoms with van der Waals surface area (Å²) >= 11 is 1.64. The largest absolute Gasteiger partial charge is 0.493 e. The molecule has 0 unspecified atom stereocenters. The minimum Gasteiger partial charge on any atom is -0.493 e. The molecule has 0 aliphatic heterocycles. The number of anilines is 1. The van der Waals surface area contributed by atoms with E-state index in [-0.39, 0.29) is 24.0 Å². The van der Waals surface area contributed by atoms with Crippen LogP contribution in [0.25, 0.3) is 0 Å². The highest BCUT2D eigenvalue weighted by molar-refractivity contribution is 14.0. The van der Waals surface area contributed by atoms with Crippen molar-refractivity contribution in [2.45, 2.75) is 19.9 Å². The molecule has 1 aromatic heterocycles. The topological polar surface area (TPSA) is 81.8 Å². The van der Waals surface area contributed by atoms with E-state index < -0.39 is 0 Å². The summed E-state index contributed by atoms with van der Waals surface area (Å²) in [7, 11) is 3.19. The number of nitrogens with two attached hydrogens (primary N) is 1. The number of methoxy groups -OCH3 is 2. The normalized spacial score (nSPS) is 10.8. The average molecular weight is 448 g/mol. The number of aromatic nitrogens is 1. The van der Waals surface area contributed by atoms with E-state index in [1.54, 1.807) is 31.6 Å². The second-order valence-electron chi connectivity index (χ2n) is 4.48. The van der Waals surface area contributed by atoms with Crippen molar-refractivity contribution in [1.29, 1.82) is 0 Å². The number of ether oxygens (including phenoxy) is 2. The number of benzene rings is 1. The second-order valence-corrected chi connectivity index (χ2v) is 5.43. The predicted molar refractivity (Wildman–Crippen MR) is 105 cm³/mol. The molecule has 0 spiro atoms. The predicted octanol–water partition coefficient (Wildman–Crippen LogP) is 3.27. The number of hydrogen-bond acceptors (Lipinski definition) is 5. The average Bonchev–Trinajstić information content (AvgIpc) is 3.01. The first-order valence-corrected chi connectivity index (χ1v) is 7.76. The molecular formula is C15H21IN4O2S. The monoisotopic (exact) mass is 448 g/mol. The lowest BCUT2D eigenvalue weighted by Crippen LogP contribution is -2.22. The fraction of sp³-hybridized carbons (Fsp3) is 0.333. The Hall–Kier alpha value is -1.55. The molecule has 2 aromatic rings. The summed E-state index contributed by atoms with van der Waals surface area (Å²) < 4.78 is 10.4. The molecule has 0 aliphatic rings. The van der Waals surface area contributed by atoms with Crippen molar-refractivity contribution in [2.75, 3.05) is 19.5 Å². The lowest BCUT2D eigenvalue weighted by atomic mass is 10.3. The highest BCUT2D eigenvalue weighted by Crippen LogP contribution is 2.29. The fourth-order valence-electron chi connectivity index (χ4n) is 1.85. The molecule has 0 amide bonds. The molecule has 2 rings (SSSR count). The van der Waals surface area contributed by atoms with E-state index in [4.69, 9.17) is 15.2 Å². The summed E-state index contributed by atoms with van der Waals surface area (Å²) in [5, 5.41) is 6.14. The molecule has 0 fully saturated rings. The first kappa shape index (κ1) is 19.5. The van der Waals surface area contributed by atoms with Crippen molar-refractivity contribution in [1.82, 2.24) is 4.98 Å². The van der Waals surface area contributed by atoms with Gasteiger partial charge in [0.1, 0.15) is 0 Å². The lowest BCUT2D eigenvalue weighted by molar-refractivity contribution is 0.355. The van der Waals surface area contributed by atoms with Crippen molar-refractivity contribution < 1.29 is 9.47 Å². The molecule has 0 saturated carbocycles. The maximum atomic E-state index is 5.90. The van der Waals surface area contributed by atoms with E-state index in [9.17, 15) is 0 Å². The van der Waals surface area contributed by atoms with Crippen LogP contribution in [0.5, 0.6) is 11.5 Å². The summed E-state index contributed by atoms with van der Waals surface area (Å²) in [5.74, 6) is 1.63. The van der Waals surface area contributed by atoms with Gasteiger partial charge in [0, 0.05) is 17.1 Å². The van der Waals surface area contributed by atoms with Gasteiger partial charge in [-0.25, -0.2) is 9.98 Å². The standard InChI is InChI=1S/C15H20N4O2S.HI/c1-4-14-18-11(9-22-14)8-17-15(16)19-10-5-6-12(20-2)13(7-10)21-3;/h5-7,9H,4,8H2,1-3H3,(H3,16,17,19);1H. The number of halogens is 1. The quantitative estimate of drug-likeness (QED) is 0.403. The number of guanidine groups is 1. The second kappa shape index (κ2) is 9.56. The van der Waals surface area contributed by atoms with Gasteiger partial charge in [0.05, 0.1) is 31.5 Å². The third kappa shape index (κ3) is 5.54. The van der Waals surface area contributed by atoms with Gasteiger partial charge < -0.3 is 20.5 Å². The molecular weight excluding hydrogens is 427 g/mol. The first-order chi connectivity index (χ1) is 10.7. The number of aliphatic imine (C=N–C) groups is 1. The third-order valence-corrected chi connectivity index (χ3v) is 4.01. The van der Waals surface area contributed by atoms with Gasteiger partial charge in [0.2, 0.25) is 0 Å². The van der Waals surface area contributed by atoms with Crippen LogP contribution in [0.3, 0.4) is 0 Å². The Labute approximate surface area is 157 Å². The minimum absolute atomic E-state index is 0. The van der Waals surface area contributed by atoms with Crippen LogP contribution < -0.4 is 20.5 Å². The Morgan fingerprint density at radius 2 is 2.04 bits per heavy atom. The fourth-order valence-corrected chi connectivity index (χ4v) is 2.59. The van der Waals surface area contributed by atoms with Crippen LogP contribution in [0.4, 0.5) is 5.69 Å². The van der Waals surface area contributed by atoms with Crippen molar-refractivity contribution in [3.8, 4) is 11.5 Å². The van der Waals surface area contributed by atoms with Crippen molar-refractivity contribution >= 4 is 47.0 Å². The van der Waals surface area contributed by atoms with Crippen LogP contribution in [0.1, 0.15) is 17.6 Å². The number of rotatable bonds is 6. The van der Waals surface area contributed by atoms with Crippen LogP contribution in [0.15, 0.2) is 28.6 Å². The van der Waals surface area contributed by atoms with E-state index in [0.29, 0.717) is 24.0 Å². The molecule has 126 valence electrons. The molecule has 0 bridgehead atoms. The summed E-state index contributed by atoms with van der Waals surface area (Å²) in [6.45, 7) is 2.54. The Morgan fingerprint density at radius 3 is 2.65 bits per heavy atom. The van der Waals surface area contributed by atoms with Gasteiger partial charge in [0.15, 0.2) is 17.5 Å². The Bertz CT molecular complexity index is 661. The zero-order chi connectivity index (χ0) is 15.9. The van der Waals surface area contributed by atoms with E-state index in [2.05, 4.69) is 22.2 Å². The maximum absolute atomic E-state index is 5.90. The highest BCUT2D eigenvalue weighted by atomic mass is 127. The van der Waals surface area contributed by atoms with Gasteiger partial charge in [-0.15, -0.1) is 35.3 Å². The Balaban J connectivity index is 0.00000264. The summed E-state index contributed by atoms with van der Waals surface area (Å²) in [6, 6.07) is 5.46. The van der Waals surface area contributed by atoms with Gasteiger partial charge in [0.25, 0.3) is 0 Å². The molecule has 0 atom stereocenters. The Morgan fingerprint density at radius 1 is 1.30 bits per heavy atom. The number of aryl methyl sites for hydroxylation is 1. The molecule has 0 aliphatic carbocycles. The van der Waals surface area contributed by atoms with E-state index in [1.165, 1.54) is 0 Å². The van der Waals surface area contributed by atoms with Crippen molar-refractivity contribution in [3.05, 3.63) is 34.3 Å². The maximum Gasteiger partial charge on any atom is 0.193 e. The molecule has 6 nitrogen and oxygen atoms in total. The third-order valence-electron chi connectivity index (χ3n) is 2.97. The van der Waals surface area contributed by atoms with E-state index >= 15 is 0 Å². The molecule has 0 radical (unpaired) electrons. The molecule has 3 N–H and O–H groups in total. The zero-order valence-electron chi connectivity index (χ0n) is 13.3. The van der Waals surface area contributed by atoms with Gasteiger partial charge in [-0.3, -0.25) is 0 Å². The van der Waals surface area contributed by atoms with E-state index in [0.717, 1.165) is 22.8 Å². The minimum atomic E-state index is 0. The van der Waals surface area contributed by atoms with Crippen LogP contribution in [0, 0.1) is 0 Å². The van der Waals surface area contributed by atoms with Crippen molar-refractivity contribution in [3.63, 3.8) is 0 Å². The summed E-state index contributed by atoms with van der Waals surface area (Å²) in [5.41, 5.74) is 7.61. The number of thiazole rings is 1. The smallest absolute Gasteiger partial charge is 0.193 e. The lowest BCUT2D eigenvalue weighted by Gasteiger charge is -2.10. The Kier molecular flexibility index (Phi) is 8.10.